The summed E-state index contributed by atoms with van der Waals surface area (Å²) in [4.78, 5) is 25.6. The van der Waals surface area contributed by atoms with Gasteiger partial charge in [-0.2, -0.15) is 17.0 Å². The maximum Gasteiger partial charge on any atom is 0.281 e. The van der Waals surface area contributed by atoms with Crippen LogP contribution >= 0.6 is 0 Å². The van der Waals surface area contributed by atoms with Crippen molar-refractivity contribution in [2.75, 3.05) is 32.5 Å². The van der Waals surface area contributed by atoms with Crippen LogP contribution in [0.2, 0.25) is 0 Å². The topological polar surface area (TPSA) is 98.8 Å². The fourth-order valence-electron chi connectivity index (χ4n) is 4.11. The summed E-state index contributed by atoms with van der Waals surface area (Å²) in [5.41, 5.74) is 0.961. The fourth-order valence-corrected chi connectivity index (χ4v) is 5.25. The van der Waals surface area contributed by atoms with Crippen molar-refractivity contribution < 1.29 is 18.0 Å². The van der Waals surface area contributed by atoms with Crippen molar-refractivity contribution in [2.24, 2.45) is 5.92 Å². The Morgan fingerprint density at radius 3 is 2.27 bits per heavy atom. The number of rotatable bonds is 6. The van der Waals surface area contributed by atoms with Crippen LogP contribution in [-0.2, 0) is 15.0 Å². The molecule has 1 saturated heterocycles. The molecule has 1 aliphatic carbocycles. The highest BCUT2D eigenvalue weighted by Gasteiger charge is 2.32. The van der Waals surface area contributed by atoms with Crippen molar-refractivity contribution in [2.45, 2.75) is 51.0 Å². The number of hydrogen-bond donors (Lipinski definition) is 2. The first-order valence-corrected chi connectivity index (χ1v) is 12.1. The van der Waals surface area contributed by atoms with E-state index < -0.39 is 10.2 Å². The van der Waals surface area contributed by atoms with Gasteiger partial charge in [-0.1, -0.05) is 31.4 Å². The first-order valence-electron chi connectivity index (χ1n) is 10.7. The molecule has 2 fully saturated rings. The third kappa shape index (κ3) is 5.39. The van der Waals surface area contributed by atoms with Crippen LogP contribution in [0.1, 0.15) is 55.3 Å². The second kappa shape index (κ2) is 9.89. The minimum atomic E-state index is -3.46. The summed E-state index contributed by atoms with van der Waals surface area (Å²) in [6, 6.07) is 7.23. The van der Waals surface area contributed by atoms with Crippen molar-refractivity contribution in [1.29, 1.82) is 0 Å². The number of carbonyl (C=O) groups excluding carboxylic acids is 2. The lowest BCUT2D eigenvalue weighted by Crippen LogP contribution is -2.46. The summed E-state index contributed by atoms with van der Waals surface area (Å²) >= 11 is 0. The summed E-state index contributed by atoms with van der Waals surface area (Å²) in [6.07, 6.45) is 6.37. The van der Waals surface area contributed by atoms with Gasteiger partial charge < -0.3 is 10.6 Å². The normalized spacial score (nSPS) is 19.6. The van der Waals surface area contributed by atoms with Crippen LogP contribution < -0.4 is 10.6 Å². The standard InChI is InChI=1S/C21H32N4O4S/c1-24(2)30(28,29)25-14-12-16(13-15-25)20(26)23-19-11-7-6-10-18(19)21(27)22-17-8-4-3-5-9-17/h6-7,10-11,16-17H,3-5,8-9,12-15H2,1-2H3,(H,22,27)(H,23,26). The van der Waals surface area contributed by atoms with Gasteiger partial charge in [0, 0.05) is 39.1 Å². The summed E-state index contributed by atoms with van der Waals surface area (Å²) in [6.45, 7) is 0.616. The Balaban J connectivity index is 1.60. The molecule has 8 nitrogen and oxygen atoms in total. The molecule has 1 saturated carbocycles. The SMILES string of the molecule is CN(C)S(=O)(=O)N1CCC(C(=O)Nc2ccccc2C(=O)NC2CCCCC2)CC1. The van der Waals surface area contributed by atoms with Crippen molar-refractivity contribution >= 4 is 27.7 Å². The zero-order valence-corrected chi connectivity index (χ0v) is 18.6. The average molecular weight is 437 g/mol. The van der Waals surface area contributed by atoms with Crippen molar-refractivity contribution in [3.8, 4) is 0 Å². The van der Waals surface area contributed by atoms with Crippen LogP contribution in [0.4, 0.5) is 5.69 Å². The maximum atomic E-state index is 12.8. The largest absolute Gasteiger partial charge is 0.349 e. The number of hydrogen-bond acceptors (Lipinski definition) is 4. The smallest absolute Gasteiger partial charge is 0.281 e. The van der Waals surface area contributed by atoms with Crippen molar-refractivity contribution in [1.82, 2.24) is 13.9 Å². The molecule has 9 heteroatoms. The molecule has 0 atom stereocenters. The Labute approximate surface area is 179 Å². The van der Waals surface area contributed by atoms with E-state index in [2.05, 4.69) is 10.6 Å². The molecule has 0 spiro atoms. The molecule has 0 bridgehead atoms. The molecule has 30 heavy (non-hydrogen) atoms. The van der Waals surface area contributed by atoms with Crippen LogP contribution in [0.15, 0.2) is 24.3 Å². The molecule has 2 N–H and O–H groups in total. The zero-order valence-electron chi connectivity index (χ0n) is 17.8. The Kier molecular flexibility index (Phi) is 7.49. The van der Waals surface area contributed by atoms with Gasteiger partial charge in [0.25, 0.3) is 16.1 Å². The number of para-hydroxylation sites is 1. The lowest BCUT2D eigenvalue weighted by molar-refractivity contribution is -0.120. The molecule has 1 aromatic rings. The molecule has 0 aromatic heterocycles. The molecule has 1 heterocycles. The van der Waals surface area contributed by atoms with E-state index in [9.17, 15) is 18.0 Å². The number of amides is 2. The van der Waals surface area contributed by atoms with Crippen LogP contribution in [0, 0.1) is 5.92 Å². The van der Waals surface area contributed by atoms with Gasteiger partial charge in [-0.3, -0.25) is 9.59 Å². The minimum absolute atomic E-state index is 0.162. The lowest BCUT2D eigenvalue weighted by atomic mass is 9.95. The third-order valence-corrected chi connectivity index (χ3v) is 7.92. The Bertz CT molecular complexity index is 858. The van der Waals surface area contributed by atoms with Crippen molar-refractivity contribution in [3.63, 3.8) is 0 Å². The summed E-state index contributed by atoms with van der Waals surface area (Å²) in [5, 5.41) is 5.99. The van der Waals surface area contributed by atoms with Gasteiger partial charge in [0.05, 0.1) is 11.3 Å². The molecule has 2 aliphatic rings. The first-order chi connectivity index (χ1) is 14.3. The number of benzene rings is 1. The van der Waals surface area contributed by atoms with E-state index in [1.54, 1.807) is 24.3 Å². The quantitative estimate of drug-likeness (QED) is 0.714. The van der Waals surface area contributed by atoms with Crippen LogP contribution in [-0.4, -0.2) is 62.1 Å². The number of anilines is 1. The van der Waals surface area contributed by atoms with E-state index in [0.717, 1.165) is 25.7 Å². The third-order valence-electron chi connectivity index (χ3n) is 5.98. The molecule has 3 rings (SSSR count). The van der Waals surface area contributed by atoms with E-state index in [-0.39, 0.29) is 23.8 Å². The number of piperidine rings is 1. The van der Waals surface area contributed by atoms with E-state index in [1.807, 2.05) is 0 Å². The van der Waals surface area contributed by atoms with E-state index in [4.69, 9.17) is 0 Å². The van der Waals surface area contributed by atoms with Gasteiger partial charge in [-0.25, -0.2) is 0 Å². The Morgan fingerprint density at radius 1 is 1.00 bits per heavy atom. The van der Waals surface area contributed by atoms with Crippen LogP contribution in [0.25, 0.3) is 0 Å². The molecule has 166 valence electrons. The molecule has 0 unspecified atom stereocenters. The van der Waals surface area contributed by atoms with Gasteiger partial charge in [0.2, 0.25) is 5.91 Å². The maximum absolute atomic E-state index is 12.8. The van der Waals surface area contributed by atoms with Crippen LogP contribution in [0.5, 0.6) is 0 Å². The predicted octanol–water partition coefficient (Wildman–Crippen LogP) is 2.21. The highest BCUT2D eigenvalue weighted by molar-refractivity contribution is 7.86. The number of carbonyl (C=O) groups is 2. The summed E-state index contributed by atoms with van der Waals surface area (Å²) in [5.74, 6) is -0.618. The number of nitrogens with zero attached hydrogens (tertiary/aromatic N) is 2. The van der Waals surface area contributed by atoms with Gasteiger partial charge in [0.15, 0.2) is 0 Å². The molecule has 1 aliphatic heterocycles. The second-order valence-electron chi connectivity index (χ2n) is 8.31. The van der Waals surface area contributed by atoms with Gasteiger partial charge in [-0.05, 0) is 37.8 Å². The first kappa shape index (κ1) is 22.7. The molecular weight excluding hydrogens is 404 g/mol. The summed E-state index contributed by atoms with van der Waals surface area (Å²) in [7, 11) is -0.451. The van der Waals surface area contributed by atoms with E-state index in [0.29, 0.717) is 37.2 Å². The fraction of sp³-hybridized carbons (Fsp3) is 0.619. The predicted molar refractivity (Wildman–Crippen MR) is 116 cm³/mol. The van der Waals surface area contributed by atoms with Gasteiger partial charge >= 0.3 is 0 Å². The lowest BCUT2D eigenvalue weighted by Gasteiger charge is -2.32. The minimum Gasteiger partial charge on any atom is -0.349 e. The van der Waals surface area contributed by atoms with E-state index in [1.165, 1.54) is 29.1 Å². The highest BCUT2D eigenvalue weighted by Crippen LogP contribution is 2.24. The van der Waals surface area contributed by atoms with Crippen LogP contribution in [0.3, 0.4) is 0 Å². The highest BCUT2D eigenvalue weighted by atomic mass is 32.2. The van der Waals surface area contributed by atoms with Crippen molar-refractivity contribution in [3.05, 3.63) is 29.8 Å². The summed E-state index contributed by atoms with van der Waals surface area (Å²) < 4.78 is 27.1. The molecular formula is C21H32N4O4S. The second-order valence-corrected chi connectivity index (χ2v) is 10.4. The zero-order chi connectivity index (χ0) is 21.7. The van der Waals surface area contributed by atoms with Gasteiger partial charge in [0.1, 0.15) is 0 Å². The number of nitrogens with one attached hydrogen (secondary N) is 2. The monoisotopic (exact) mass is 436 g/mol. The molecule has 1 aromatic carbocycles. The van der Waals surface area contributed by atoms with Gasteiger partial charge in [-0.15, -0.1) is 0 Å². The van der Waals surface area contributed by atoms with E-state index >= 15 is 0 Å². The molecule has 2 amide bonds. The average Bonchev–Trinajstić information content (AvgIpc) is 2.74. The Hall–Kier alpha value is -1.97. The molecule has 0 radical (unpaired) electrons. The Morgan fingerprint density at radius 2 is 1.63 bits per heavy atom.